The third-order valence-corrected chi connectivity index (χ3v) is 4.29. The lowest BCUT2D eigenvalue weighted by Crippen LogP contribution is -2.48. The van der Waals surface area contributed by atoms with E-state index in [1.54, 1.807) is 44.9 Å². The molecule has 0 radical (unpaired) electrons. The van der Waals surface area contributed by atoms with Gasteiger partial charge in [0.1, 0.15) is 5.60 Å². The maximum atomic E-state index is 11.4. The number of aromatic nitrogens is 2. The monoisotopic (exact) mass is 374 g/mol. The van der Waals surface area contributed by atoms with Crippen molar-refractivity contribution in [3.63, 3.8) is 0 Å². The molecule has 0 saturated carbocycles. The van der Waals surface area contributed by atoms with E-state index in [-0.39, 0.29) is 13.1 Å². The van der Waals surface area contributed by atoms with Crippen molar-refractivity contribution in [2.24, 2.45) is 12.0 Å². The fourth-order valence-corrected chi connectivity index (χ4v) is 3.28. The highest BCUT2D eigenvalue weighted by Crippen LogP contribution is 2.18. The van der Waals surface area contributed by atoms with Crippen LogP contribution in [0.3, 0.4) is 0 Å². The molecule has 1 atom stereocenters. The summed E-state index contributed by atoms with van der Waals surface area (Å²) >= 11 is 0. The lowest BCUT2D eigenvalue weighted by molar-refractivity contribution is 0.0616. The van der Waals surface area contributed by atoms with Gasteiger partial charge in [-0.1, -0.05) is 0 Å². The van der Waals surface area contributed by atoms with Gasteiger partial charge in [0.05, 0.1) is 25.5 Å². The van der Waals surface area contributed by atoms with Crippen LogP contribution in [0.15, 0.2) is 17.4 Å². The van der Waals surface area contributed by atoms with Crippen molar-refractivity contribution in [3.05, 3.63) is 18.0 Å². The summed E-state index contributed by atoms with van der Waals surface area (Å²) in [5.74, 6) is 0.495. The summed E-state index contributed by atoms with van der Waals surface area (Å²) in [6.07, 6.45) is 4.49. The fourth-order valence-electron chi connectivity index (χ4n) is 2.21. The Bertz CT molecular complexity index is 694. The van der Waals surface area contributed by atoms with Gasteiger partial charge >= 0.3 is 0 Å². The molecule has 0 bridgehead atoms. The summed E-state index contributed by atoms with van der Waals surface area (Å²) in [5.41, 5.74) is -1.15. The first kappa shape index (κ1) is 21.4. The summed E-state index contributed by atoms with van der Waals surface area (Å²) in [6.45, 7) is 8.24. The van der Waals surface area contributed by atoms with Crippen LogP contribution in [0.1, 0.15) is 33.3 Å². The number of hydrogen-bond acceptors (Lipinski definition) is 5. The van der Waals surface area contributed by atoms with Crippen molar-refractivity contribution in [2.75, 3.05) is 25.9 Å². The highest BCUT2D eigenvalue weighted by Gasteiger charge is 2.26. The summed E-state index contributed by atoms with van der Waals surface area (Å²) in [4.78, 5) is 4.41. The summed E-state index contributed by atoms with van der Waals surface area (Å²) < 4.78 is 27.0. The molecule has 10 heteroatoms. The maximum absolute atomic E-state index is 11.4. The number of aryl methyl sites for hydroxylation is 1. The third kappa shape index (κ3) is 7.84. The van der Waals surface area contributed by atoms with Crippen LogP contribution in [0, 0.1) is 0 Å². The lowest BCUT2D eigenvalue weighted by Gasteiger charge is -2.25. The molecule has 1 aromatic rings. The quantitative estimate of drug-likeness (QED) is 0.360. The number of aliphatic imine (C=N–C) groups is 1. The van der Waals surface area contributed by atoms with Gasteiger partial charge < -0.3 is 15.7 Å². The van der Waals surface area contributed by atoms with Crippen LogP contribution in [-0.2, 0) is 22.7 Å². The van der Waals surface area contributed by atoms with Gasteiger partial charge in [0, 0.05) is 30.9 Å². The van der Waals surface area contributed by atoms with Gasteiger partial charge in [0.15, 0.2) is 5.96 Å². The highest BCUT2D eigenvalue weighted by atomic mass is 32.2. The van der Waals surface area contributed by atoms with Crippen molar-refractivity contribution < 1.29 is 13.5 Å². The molecule has 1 aromatic heterocycles. The Hall–Kier alpha value is -1.65. The number of nitrogens with zero attached hydrogens (tertiary/aromatic N) is 3. The molecule has 4 N–H and O–H groups in total. The van der Waals surface area contributed by atoms with Crippen molar-refractivity contribution in [3.8, 4) is 0 Å². The van der Waals surface area contributed by atoms with Crippen LogP contribution < -0.4 is 15.4 Å². The molecule has 1 rings (SSSR count). The van der Waals surface area contributed by atoms with E-state index in [1.165, 1.54) is 0 Å². The Morgan fingerprint density at radius 3 is 2.48 bits per heavy atom. The molecule has 144 valence electrons. The number of sulfonamides is 1. The molecule has 0 fully saturated rings. The maximum Gasteiger partial charge on any atom is 0.209 e. The zero-order chi connectivity index (χ0) is 19.3. The lowest BCUT2D eigenvalue weighted by atomic mass is 10.00. The van der Waals surface area contributed by atoms with Gasteiger partial charge in [-0.3, -0.25) is 9.67 Å². The molecule has 25 heavy (non-hydrogen) atoms. The number of rotatable bonds is 8. The van der Waals surface area contributed by atoms with Crippen molar-refractivity contribution in [2.45, 2.75) is 38.8 Å². The average Bonchev–Trinajstić information content (AvgIpc) is 2.87. The first-order valence-corrected chi connectivity index (χ1v) is 9.96. The predicted molar refractivity (Wildman–Crippen MR) is 98.8 cm³/mol. The van der Waals surface area contributed by atoms with E-state index in [1.807, 2.05) is 6.92 Å². The minimum absolute atomic E-state index is 0.227. The van der Waals surface area contributed by atoms with E-state index < -0.39 is 21.2 Å². The van der Waals surface area contributed by atoms with Crippen LogP contribution in [0.2, 0.25) is 0 Å². The number of nitrogens with one attached hydrogen (secondary N) is 3. The van der Waals surface area contributed by atoms with E-state index in [0.29, 0.717) is 18.1 Å². The molecular weight excluding hydrogens is 344 g/mol. The Morgan fingerprint density at radius 2 is 2.00 bits per heavy atom. The minimum Gasteiger partial charge on any atom is -0.383 e. The second-order valence-electron chi connectivity index (χ2n) is 6.98. The van der Waals surface area contributed by atoms with Crippen LogP contribution in [-0.4, -0.2) is 60.7 Å². The number of aliphatic hydroxyl groups is 1. The summed E-state index contributed by atoms with van der Waals surface area (Å²) in [7, 11) is -1.53. The van der Waals surface area contributed by atoms with Gasteiger partial charge in [0.2, 0.25) is 10.0 Å². The predicted octanol–water partition coefficient (Wildman–Crippen LogP) is -0.489. The van der Waals surface area contributed by atoms with Crippen molar-refractivity contribution in [1.82, 2.24) is 25.1 Å². The molecule has 0 amide bonds. The molecule has 0 aromatic carbocycles. The topological polar surface area (TPSA) is 121 Å². The van der Waals surface area contributed by atoms with E-state index in [2.05, 4.69) is 25.4 Å². The zero-order valence-corrected chi connectivity index (χ0v) is 16.6. The van der Waals surface area contributed by atoms with Crippen LogP contribution >= 0.6 is 0 Å². The highest BCUT2D eigenvalue weighted by molar-refractivity contribution is 7.88. The molecule has 1 heterocycles. The third-order valence-electron chi connectivity index (χ3n) is 3.37. The second kappa shape index (κ2) is 8.15. The molecule has 0 aliphatic heterocycles. The molecular formula is C15H30N6O3S. The van der Waals surface area contributed by atoms with Crippen molar-refractivity contribution in [1.29, 1.82) is 0 Å². The largest absolute Gasteiger partial charge is 0.383 e. The normalized spacial score (nSPS) is 15.7. The smallest absolute Gasteiger partial charge is 0.209 e. The fraction of sp³-hybridized carbons (Fsp3) is 0.733. The van der Waals surface area contributed by atoms with Gasteiger partial charge in [-0.25, -0.2) is 13.1 Å². The van der Waals surface area contributed by atoms with Crippen LogP contribution in [0.25, 0.3) is 0 Å². The van der Waals surface area contributed by atoms with Crippen LogP contribution in [0.4, 0.5) is 0 Å². The van der Waals surface area contributed by atoms with Gasteiger partial charge in [-0.2, -0.15) is 5.10 Å². The van der Waals surface area contributed by atoms with Gasteiger partial charge in [-0.15, -0.1) is 0 Å². The number of guanidine groups is 1. The second-order valence-corrected chi connectivity index (χ2v) is 8.73. The molecule has 0 aliphatic carbocycles. The molecule has 0 spiro atoms. The SMILES string of the molecule is CCNC(=NCC(C)(C)NS(C)(=O)=O)NCC(C)(O)c1cnn(C)c1. The Balaban J connectivity index is 2.76. The van der Waals surface area contributed by atoms with Crippen molar-refractivity contribution >= 4 is 16.0 Å². The Labute approximate surface area is 150 Å². The minimum atomic E-state index is -3.32. The zero-order valence-electron chi connectivity index (χ0n) is 15.8. The summed E-state index contributed by atoms with van der Waals surface area (Å²) in [5, 5.41) is 20.8. The van der Waals surface area contributed by atoms with E-state index in [9.17, 15) is 13.5 Å². The average molecular weight is 375 g/mol. The number of hydrogen-bond donors (Lipinski definition) is 4. The molecule has 0 aliphatic rings. The van der Waals surface area contributed by atoms with Crippen LogP contribution in [0.5, 0.6) is 0 Å². The van der Waals surface area contributed by atoms with E-state index in [4.69, 9.17) is 0 Å². The summed E-state index contributed by atoms with van der Waals surface area (Å²) in [6, 6.07) is 0. The Morgan fingerprint density at radius 1 is 1.36 bits per heavy atom. The van der Waals surface area contributed by atoms with E-state index in [0.717, 1.165) is 6.26 Å². The molecule has 1 unspecified atom stereocenters. The molecule has 0 saturated heterocycles. The molecule has 9 nitrogen and oxygen atoms in total. The first-order chi connectivity index (χ1) is 11.3. The standard InChI is InChI=1S/C15H30N6O3S/c1-7-16-13(17-10-14(2,3)20-25(6,23)24)18-11-15(4,22)12-8-19-21(5)9-12/h8-9,20,22H,7,10-11H2,1-6H3,(H2,16,17,18). The van der Waals surface area contributed by atoms with Gasteiger partial charge in [0.25, 0.3) is 0 Å². The Kier molecular flexibility index (Phi) is 6.98. The van der Waals surface area contributed by atoms with Gasteiger partial charge in [-0.05, 0) is 27.7 Å². The van der Waals surface area contributed by atoms with E-state index >= 15 is 0 Å². The first-order valence-electron chi connectivity index (χ1n) is 8.07.